The number of carbonyl (C=O) groups excluding carboxylic acids is 1. The van der Waals surface area contributed by atoms with Crippen molar-refractivity contribution in [3.63, 3.8) is 0 Å². The maximum absolute atomic E-state index is 12.7. The molecule has 146 valence electrons. The molecule has 0 radical (unpaired) electrons. The third kappa shape index (κ3) is 4.25. The molecule has 1 N–H and O–H groups in total. The molecule has 1 heterocycles. The number of aryl methyl sites for hydroxylation is 1. The summed E-state index contributed by atoms with van der Waals surface area (Å²) in [5.74, 6) is 1.22. The van der Waals surface area contributed by atoms with Crippen molar-refractivity contribution in [3.05, 3.63) is 59.8 Å². The normalized spacial score (nSPS) is 11.9. The quantitative estimate of drug-likeness (QED) is 0.625. The van der Waals surface area contributed by atoms with Gasteiger partial charge in [0.2, 0.25) is 0 Å². The number of fused-ring (bicyclic) bond motifs is 1. The molecule has 3 rings (SSSR count). The fourth-order valence-corrected chi connectivity index (χ4v) is 2.91. The Morgan fingerprint density at radius 2 is 1.93 bits per heavy atom. The van der Waals surface area contributed by atoms with Crippen molar-refractivity contribution in [3.8, 4) is 11.5 Å². The molecule has 5 heteroatoms. The summed E-state index contributed by atoms with van der Waals surface area (Å²) >= 11 is 0. The van der Waals surface area contributed by atoms with E-state index in [1.54, 1.807) is 13.1 Å². The van der Waals surface area contributed by atoms with E-state index in [2.05, 4.69) is 17.2 Å². The fraction of sp³-hybridized carbons (Fsp3) is 0.304. The molecule has 1 unspecified atom stereocenters. The molecule has 0 aliphatic heterocycles. The van der Waals surface area contributed by atoms with E-state index in [1.165, 1.54) is 0 Å². The molecular formula is C23H26N2O3. The molecule has 0 bridgehead atoms. The average Bonchev–Trinajstić information content (AvgIpc) is 2.70. The van der Waals surface area contributed by atoms with Gasteiger partial charge in [-0.2, -0.15) is 0 Å². The summed E-state index contributed by atoms with van der Waals surface area (Å²) in [6.07, 6.45) is 2.00. The van der Waals surface area contributed by atoms with Gasteiger partial charge < -0.3 is 14.8 Å². The second kappa shape index (κ2) is 8.74. The molecule has 0 fully saturated rings. The van der Waals surface area contributed by atoms with E-state index in [9.17, 15) is 4.79 Å². The molecule has 0 saturated carbocycles. The lowest BCUT2D eigenvalue weighted by Crippen LogP contribution is -2.30. The van der Waals surface area contributed by atoms with E-state index in [1.807, 2.05) is 56.3 Å². The number of rotatable bonds is 7. The Morgan fingerprint density at radius 1 is 1.11 bits per heavy atom. The summed E-state index contributed by atoms with van der Waals surface area (Å²) in [5.41, 5.74) is 3.59. The Bertz CT molecular complexity index is 985. The highest BCUT2D eigenvalue weighted by atomic mass is 16.5. The number of ether oxygens (including phenoxy) is 2. The zero-order valence-electron chi connectivity index (χ0n) is 16.8. The second-order valence-corrected chi connectivity index (χ2v) is 6.81. The van der Waals surface area contributed by atoms with E-state index in [0.29, 0.717) is 12.3 Å². The van der Waals surface area contributed by atoms with Crippen LogP contribution in [0.4, 0.5) is 5.69 Å². The lowest BCUT2D eigenvalue weighted by Gasteiger charge is -2.18. The lowest BCUT2D eigenvalue weighted by atomic mass is 10.1. The van der Waals surface area contributed by atoms with Gasteiger partial charge in [0.05, 0.1) is 12.3 Å². The number of amides is 1. The van der Waals surface area contributed by atoms with E-state index in [-0.39, 0.29) is 5.91 Å². The minimum Gasteiger partial charge on any atom is -0.491 e. The third-order valence-corrected chi connectivity index (χ3v) is 4.68. The van der Waals surface area contributed by atoms with Gasteiger partial charge in [-0.1, -0.05) is 19.1 Å². The van der Waals surface area contributed by atoms with Gasteiger partial charge in [-0.25, -0.2) is 0 Å². The minimum atomic E-state index is -0.636. The van der Waals surface area contributed by atoms with Gasteiger partial charge in [-0.3, -0.25) is 9.78 Å². The number of carbonyl (C=O) groups is 1. The number of pyridine rings is 1. The molecule has 0 aliphatic carbocycles. The first-order valence-corrected chi connectivity index (χ1v) is 9.55. The second-order valence-electron chi connectivity index (χ2n) is 6.81. The molecule has 5 nitrogen and oxygen atoms in total. The minimum absolute atomic E-state index is 0.215. The zero-order chi connectivity index (χ0) is 20.1. The summed E-state index contributed by atoms with van der Waals surface area (Å²) in [7, 11) is 0. The highest BCUT2D eigenvalue weighted by Crippen LogP contribution is 2.30. The van der Waals surface area contributed by atoms with E-state index in [0.717, 1.165) is 39.9 Å². The van der Waals surface area contributed by atoms with Gasteiger partial charge in [0.1, 0.15) is 17.0 Å². The van der Waals surface area contributed by atoms with Crippen LogP contribution in [-0.2, 0) is 4.79 Å². The smallest absolute Gasteiger partial charge is 0.265 e. The zero-order valence-corrected chi connectivity index (χ0v) is 16.8. The van der Waals surface area contributed by atoms with Crippen molar-refractivity contribution in [2.75, 3.05) is 11.9 Å². The van der Waals surface area contributed by atoms with Gasteiger partial charge in [0, 0.05) is 11.6 Å². The first kappa shape index (κ1) is 19.7. The predicted molar refractivity (Wildman–Crippen MR) is 112 cm³/mol. The van der Waals surface area contributed by atoms with Crippen molar-refractivity contribution in [1.29, 1.82) is 0 Å². The molecule has 28 heavy (non-hydrogen) atoms. The van der Waals surface area contributed by atoms with Crippen molar-refractivity contribution in [2.24, 2.45) is 0 Å². The molecule has 0 saturated heterocycles. The number of anilines is 1. The first-order valence-electron chi connectivity index (χ1n) is 9.55. The number of nitrogens with one attached hydrogen (secondary N) is 1. The molecule has 1 amide bonds. The third-order valence-electron chi connectivity index (χ3n) is 4.68. The predicted octanol–water partition coefficient (Wildman–Crippen LogP) is 5.05. The molecule has 1 atom stereocenters. The van der Waals surface area contributed by atoms with Crippen LogP contribution in [0.25, 0.3) is 10.9 Å². The SMILES string of the molecule is CCCOc1ccc(NC(=O)C(C)Oc2cccc(C)c2C)c2cccnc12. The van der Waals surface area contributed by atoms with Crippen LogP contribution in [0.3, 0.4) is 0 Å². The summed E-state index contributed by atoms with van der Waals surface area (Å²) in [6, 6.07) is 13.3. The number of aromatic nitrogens is 1. The van der Waals surface area contributed by atoms with Gasteiger partial charge >= 0.3 is 0 Å². The molecule has 3 aromatic rings. The average molecular weight is 378 g/mol. The van der Waals surface area contributed by atoms with Crippen LogP contribution >= 0.6 is 0 Å². The lowest BCUT2D eigenvalue weighted by molar-refractivity contribution is -0.122. The highest BCUT2D eigenvalue weighted by Gasteiger charge is 2.18. The summed E-state index contributed by atoms with van der Waals surface area (Å²) in [6.45, 7) is 8.44. The highest BCUT2D eigenvalue weighted by molar-refractivity contribution is 6.04. The number of hydrogen-bond donors (Lipinski definition) is 1. The first-order chi connectivity index (χ1) is 13.5. The van der Waals surface area contributed by atoms with E-state index >= 15 is 0 Å². The monoisotopic (exact) mass is 378 g/mol. The maximum atomic E-state index is 12.7. The van der Waals surface area contributed by atoms with E-state index in [4.69, 9.17) is 9.47 Å². The fourth-order valence-electron chi connectivity index (χ4n) is 2.91. The molecule has 0 aliphatic rings. The van der Waals surface area contributed by atoms with Crippen molar-refractivity contribution >= 4 is 22.5 Å². The van der Waals surface area contributed by atoms with Crippen LogP contribution in [0.1, 0.15) is 31.4 Å². The maximum Gasteiger partial charge on any atom is 0.265 e. The van der Waals surface area contributed by atoms with Crippen LogP contribution in [0.5, 0.6) is 11.5 Å². The van der Waals surface area contributed by atoms with Crippen LogP contribution in [0.15, 0.2) is 48.7 Å². The Balaban J connectivity index is 1.80. The van der Waals surface area contributed by atoms with Gasteiger partial charge in [0.15, 0.2) is 6.10 Å². The summed E-state index contributed by atoms with van der Waals surface area (Å²) < 4.78 is 11.7. The Kier molecular flexibility index (Phi) is 6.14. The van der Waals surface area contributed by atoms with Gasteiger partial charge in [-0.15, -0.1) is 0 Å². The Morgan fingerprint density at radius 3 is 2.71 bits per heavy atom. The van der Waals surface area contributed by atoms with Crippen LogP contribution in [0, 0.1) is 13.8 Å². The standard InChI is InChI=1S/C23H26N2O3/c1-5-14-27-21-12-11-19(18-9-7-13-24-22(18)21)25-23(26)17(4)28-20-10-6-8-15(2)16(20)3/h6-13,17H,5,14H2,1-4H3,(H,25,26). The van der Waals surface area contributed by atoms with Crippen LogP contribution in [0.2, 0.25) is 0 Å². The van der Waals surface area contributed by atoms with Crippen molar-refractivity contribution < 1.29 is 14.3 Å². The number of hydrogen-bond acceptors (Lipinski definition) is 4. The van der Waals surface area contributed by atoms with Gasteiger partial charge in [0.25, 0.3) is 5.91 Å². The van der Waals surface area contributed by atoms with Crippen molar-refractivity contribution in [2.45, 2.75) is 40.2 Å². The Labute approximate surface area is 165 Å². The number of benzene rings is 2. The summed E-state index contributed by atoms with van der Waals surface area (Å²) in [4.78, 5) is 17.2. The van der Waals surface area contributed by atoms with Crippen LogP contribution in [-0.4, -0.2) is 23.6 Å². The largest absolute Gasteiger partial charge is 0.491 e. The molecular weight excluding hydrogens is 352 g/mol. The van der Waals surface area contributed by atoms with Crippen molar-refractivity contribution in [1.82, 2.24) is 4.98 Å². The van der Waals surface area contributed by atoms with Gasteiger partial charge in [-0.05, 0) is 68.7 Å². The molecule has 1 aromatic heterocycles. The molecule has 0 spiro atoms. The Hall–Kier alpha value is -3.08. The topological polar surface area (TPSA) is 60.5 Å². The summed E-state index contributed by atoms with van der Waals surface area (Å²) in [5, 5.41) is 3.80. The number of nitrogens with zero attached hydrogens (tertiary/aromatic N) is 1. The van der Waals surface area contributed by atoms with E-state index < -0.39 is 6.10 Å². The molecule has 2 aromatic carbocycles. The van der Waals surface area contributed by atoms with Crippen LogP contribution < -0.4 is 14.8 Å².